The lowest BCUT2D eigenvalue weighted by Gasteiger charge is -2.09. The monoisotopic (exact) mass is 234 g/mol. The average molecular weight is 234 g/mol. The molecule has 4 heteroatoms. The minimum atomic E-state index is -1.56. The summed E-state index contributed by atoms with van der Waals surface area (Å²) in [5.74, 6) is 0.496. The molecule has 2 nitrogen and oxygen atoms in total. The molecule has 7 heavy (non-hydrogen) atoms. The summed E-state index contributed by atoms with van der Waals surface area (Å²) in [5.41, 5.74) is 0. The van der Waals surface area contributed by atoms with Gasteiger partial charge >= 0.3 is 0 Å². The summed E-state index contributed by atoms with van der Waals surface area (Å²) < 4.78 is -1.56. The van der Waals surface area contributed by atoms with Crippen molar-refractivity contribution < 1.29 is 10.2 Å². The molecule has 2 N–H and O–H groups in total. The Morgan fingerprint density at radius 2 is 2.00 bits per heavy atom. The molecule has 0 amide bonds. The maximum atomic E-state index is 8.51. The zero-order valence-electron chi connectivity index (χ0n) is 3.63. The Morgan fingerprint density at radius 3 is 2.00 bits per heavy atom. The lowest BCUT2D eigenvalue weighted by Crippen LogP contribution is -2.18. The predicted molar refractivity (Wildman–Crippen MR) is 39.7 cm³/mol. The van der Waals surface area contributed by atoms with E-state index in [9.17, 15) is 0 Å². The number of thiol groups is 1. The molecule has 44 valence electrons. The van der Waals surface area contributed by atoms with Crippen molar-refractivity contribution in [1.82, 2.24) is 0 Å². The van der Waals surface area contributed by atoms with E-state index in [2.05, 4.69) is 12.6 Å². The van der Waals surface area contributed by atoms with Gasteiger partial charge in [0.05, 0.1) is 0 Å². The van der Waals surface area contributed by atoms with Crippen LogP contribution in [-0.4, -0.2) is 19.8 Å². The first-order valence-electron chi connectivity index (χ1n) is 1.81. The number of rotatable bonds is 2. The van der Waals surface area contributed by atoms with Crippen LogP contribution in [0, 0.1) is 0 Å². The van der Waals surface area contributed by atoms with Crippen LogP contribution in [0.2, 0.25) is 0 Å². The van der Waals surface area contributed by atoms with Gasteiger partial charge in [-0.2, -0.15) is 12.6 Å². The summed E-state index contributed by atoms with van der Waals surface area (Å²) in [6, 6.07) is 0. The van der Waals surface area contributed by atoms with Crippen LogP contribution in [-0.2, 0) is 0 Å². The van der Waals surface area contributed by atoms with Crippen LogP contribution >= 0.6 is 35.2 Å². The molecule has 0 heterocycles. The minimum Gasteiger partial charge on any atom is -0.358 e. The number of hydrogen-bond donors (Lipinski definition) is 3. The Hall–Kier alpha value is 1.00. The first-order chi connectivity index (χ1) is 3.06. The molecule has 0 bridgehead atoms. The van der Waals surface area contributed by atoms with Crippen LogP contribution < -0.4 is 0 Å². The van der Waals surface area contributed by atoms with Gasteiger partial charge in [0, 0.05) is 6.42 Å². The van der Waals surface area contributed by atoms with Crippen molar-refractivity contribution in [3.05, 3.63) is 0 Å². The first-order valence-corrected chi connectivity index (χ1v) is 3.52. The largest absolute Gasteiger partial charge is 0.358 e. The van der Waals surface area contributed by atoms with Crippen LogP contribution in [0.15, 0.2) is 0 Å². The highest BCUT2D eigenvalue weighted by Gasteiger charge is 2.14. The van der Waals surface area contributed by atoms with E-state index in [1.165, 1.54) is 22.6 Å². The predicted octanol–water partition coefficient (Wildman–Crippen LogP) is 0.380. The van der Waals surface area contributed by atoms with Gasteiger partial charge in [-0.25, -0.2) is 0 Å². The fraction of sp³-hybridized carbons (Fsp3) is 1.00. The molecule has 0 aromatic heterocycles. The standard InChI is InChI=1S/C3H7IO2S/c4-3(5,6)1-2-7/h5-7H,1-2H2. The molecule has 0 spiro atoms. The van der Waals surface area contributed by atoms with E-state index in [0.717, 1.165) is 0 Å². The Labute approximate surface area is 61.5 Å². The van der Waals surface area contributed by atoms with Gasteiger partial charge in [-0.15, -0.1) is 0 Å². The summed E-state index contributed by atoms with van der Waals surface area (Å²) in [6.07, 6.45) is 0.302. The smallest absolute Gasteiger partial charge is 0.217 e. The third kappa shape index (κ3) is 7.00. The Bertz CT molecular complexity index is 51.4. The van der Waals surface area contributed by atoms with Gasteiger partial charge in [0.1, 0.15) is 0 Å². The molecular weight excluding hydrogens is 227 g/mol. The molecular formula is C3H7IO2S. The molecule has 0 rings (SSSR count). The van der Waals surface area contributed by atoms with E-state index in [0.29, 0.717) is 12.2 Å². The fourth-order valence-corrected chi connectivity index (χ4v) is 1.15. The molecule has 0 saturated carbocycles. The van der Waals surface area contributed by atoms with Crippen molar-refractivity contribution in [3.8, 4) is 0 Å². The first kappa shape index (κ1) is 8.00. The molecule has 0 fully saturated rings. The topological polar surface area (TPSA) is 40.5 Å². The van der Waals surface area contributed by atoms with Crippen LogP contribution in [0.3, 0.4) is 0 Å². The van der Waals surface area contributed by atoms with Crippen molar-refractivity contribution in [2.24, 2.45) is 0 Å². The highest BCUT2D eigenvalue weighted by molar-refractivity contribution is 14.1. The summed E-state index contributed by atoms with van der Waals surface area (Å²) in [5, 5.41) is 17.0. The zero-order valence-corrected chi connectivity index (χ0v) is 6.69. The molecule has 0 atom stereocenters. The van der Waals surface area contributed by atoms with Crippen LogP contribution in [0.1, 0.15) is 6.42 Å². The van der Waals surface area contributed by atoms with Gasteiger partial charge in [0.25, 0.3) is 0 Å². The lowest BCUT2D eigenvalue weighted by molar-refractivity contribution is -0.0587. The van der Waals surface area contributed by atoms with E-state index in [4.69, 9.17) is 10.2 Å². The van der Waals surface area contributed by atoms with E-state index < -0.39 is 3.79 Å². The van der Waals surface area contributed by atoms with Gasteiger partial charge in [-0.1, -0.05) is 0 Å². The second-order valence-corrected chi connectivity index (χ2v) is 3.37. The summed E-state index contributed by atoms with van der Waals surface area (Å²) >= 11 is 5.33. The number of halogens is 1. The molecule has 0 aliphatic heterocycles. The zero-order chi connectivity index (χ0) is 5.91. The average Bonchev–Trinajstić information content (AvgIpc) is 1.30. The summed E-state index contributed by atoms with van der Waals surface area (Å²) in [4.78, 5) is 0. The maximum absolute atomic E-state index is 8.51. The molecule has 0 aliphatic rings. The third-order valence-electron chi connectivity index (χ3n) is 0.430. The molecule has 0 aromatic carbocycles. The van der Waals surface area contributed by atoms with E-state index in [1.807, 2.05) is 0 Å². The van der Waals surface area contributed by atoms with Crippen LogP contribution in [0.5, 0.6) is 0 Å². The maximum Gasteiger partial charge on any atom is 0.217 e. The van der Waals surface area contributed by atoms with Crippen molar-refractivity contribution in [2.75, 3.05) is 5.75 Å². The number of hydrogen-bond acceptors (Lipinski definition) is 3. The van der Waals surface area contributed by atoms with Gasteiger partial charge in [0.2, 0.25) is 3.79 Å². The molecule has 0 aliphatic carbocycles. The second-order valence-electron chi connectivity index (χ2n) is 1.19. The Balaban J connectivity index is 3.15. The van der Waals surface area contributed by atoms with Crippen molar-refractivity contribution >= 4 is 35.2 Å². The van der Waals surface area contributed by atoms with Crippen molar-refractivity contribution in [3.63, 3.8) is 0 Å². The van der Waals surface area contributed by atoms with Crippen LogP contribution in [0.25, 0.3) is 0 Å². The quantitative estimate of drug-likeness (QED) is 0.280. The highest BCUT2D eigenvalue weighted by atomic mass is 127. The van der Waals surface area contributed by atoms with Gasteiger partial charge in [0.15, 0.2) is 0 Å². The number of alkyl halides is 1. The van der Waals surface area contributed by atoms with E-state index in [-0.39, 0.29) is 0 Å². The molecule has 0 unspecified atom stereocenters. The van der Waals surface area contributed by atoms with E-state index in [1.54, 1.807) is 0 Å². The fourth-order valence-electron chi connectivity index (χ4n) is 0.142. The number of aliphatic hydroxyl groups is 2. The SMILES string of the molecule is OC(O)(I)CCS. The Morgan fingerprint density at radius 1 is 1.57 bits per heavy atom. The van der Waals surface area contributed by atoms with E-state index >= 15 is 0 Å². The van der Waals surface area contributed by atoms with Gasteiger partial charge < -0.3 is 10.2 Å². The molecule has 0 aromatic rings. The van der Waals surface area contributed by atoms with Crippen LogP contribution in [0.4, 0.5) is 0 Å². The van der Waals surface area contributed by atoms with Crippen molar-refractivity contribution in [1.29, 1.82) is 0 Å². The van der Waals surface area contributed by atoms with Crippen molar-refractivity contribution in [2.45, 2.75) is 10.2 Å². The highest BCUT2D eigenvalue weighted by Crippen LogP contribution is 2.14. The Kier molecular flexibility index (Phi) is 3.56. The summed E-state index contributed by atoms with van der Waals surface area (Å²) in [6.45, 7) is 0. The minimum absolute atomic E-state index is 0.302. The van der Waals surface area contributed by atoms with Gasteiger partial charge in [-0.05, 0) is 28.3 Å². The molecule has 0 saturated heterocycles. The summed E-state index contributed by atoms with van der Waals surface area (Å²) in [7, 11) is 0. The molecule has 0 radical (unpaired) electrons. The lowest BCUT2D eigenvalue weighted by atomic mass is 10.5. The third-order valence-corrected chi connectivity index (χ3v) is 1.19. The second kappa shape index (κ2) is 3.11. The van der Waals surface area contributed by atoms with Gasteiger partial charge in [-0.3, -0.25) is 0 Å². The normalized spacial score (nSPS) is 12.0.